The number of alkyl halides is 3. The van der Waals surface area contributed by atoms with Gasteiger partial charge < -0.3 is 4.90 Å². The lowest BCUT2D eigenvalue weighted by Crippen LogP contribution is -2.42. The average molecular weight is 368 g/mol. The van der Waals surface area contributed by atoms with Gasteiger partial charge in [0.05, 0.1) is 17.4 Å². The van der Waals surface area contributed by atoms with E-state index in [9.17, 15) is 18.0 Å². The van der Waals surface area contributed by atoms with Crippen LogP contribution in [-0.2, 0) is 11.0 Å². The number of nitrogens with zero attached hydrogens (tertiary/aromatic N) is 1. The predicted octanol–water partition coefficient (Wildman–Crippen LogP) is 4.74. The van der Waals surface area contributed by atoms with Gasteiger partial charge in [0.2, 0.25) is 0 Å². The van der Waals surface area contributed by atoms with Gasteiger partial charge in [-0.15, -0.1) is 0 Å². The van der Waals surface area contributed by atoms with Crippen molar-refractivity contribution >= 4 is 17.4 Å². The number of hydrogen-bond donors (Lipinski definition) is 0. The molecule has 0 radical (unpaired) electrons. The fourth-order valence-electron chi connectivity index (χ4n) is 3.29. The number of hydrogen-bond acceptors (Lipinski definition) is 2. The fourth-order valence-corrected chi connectivity index (χ4v) is 3.41. The Balaban J connectivity index is 1.94. The van der Waals surface area contributed by atoms with Gasteiger partial charge in [-0.05, 0) is 36.4 Å². The summed E-state index contributed by atoms with van der Waals surface area (Å²) in [6, 6.07) is 12.1. The summed E-state index contributed by atoms with van der Waals surface area (Å²) in [5.74, 6) is -1.02. The van der Waals surface area contributed by atoms with Crippen LogP contribution in [0.2, 0.25) is 5.02 Å². The first kappa shape index (κ1) is 18.0. The number of carbonyl (C=O) groups excluding carboxylic acids is 1. The number of likely N-dealkylation sites (N-methyl/N-ethyl adjacent to an activating group) is 1. The topological polar surface area (TPSA) is 20.3 Å². The molecule has 132 valence electrons. The molecule has 6 heteroatoms. The van der Waals surface area contributed by atoms with Gasteiger partial charge in [0.1, 0.15) is 5.78 Å². The van der Waals surface area contributed by atoms with Crippen molar-refractivity contribution < 1.29 is 18.0 Å². The zero-order valence-corrected chi connectivity index (χ0v) is 14.3. The van der Waals surface area contributed by atoms with Gasteiger partial charge in [-0.3, -0.25) is 4.79 Å². The number of rotatable bonds is 2. The van der Waals surface area contributed by atoms with E-state index in [1.54, 1.807) is 30.3 Å². The van der Waals surface area contributed by atoms with Crippen LogP contribution in [0.5, 0.6) is 0 Å². The van der Waals surface area contributed by atoms with Gasteiger partial charge >= 0.3 is 6.18 Å². The van der Waals surface area contributed by atoms with E-state index in [1.807, 2.05) is 11.9 Å². The Labute approximate surface area is 149 Å². The molecule has 25 heavy (non-hydrogen) atoms. The summed E-state index contributed by atoms with van der Waals surface area (Å²) < 4.78 is 38.9. The van der Waals surface area contributed by atoms with Crippen LogP contribution in [0.3, 0.4) is 0 Å². The molecule has 2 atom stereocenters. The van der Waals surface area contributed by atoms with E-state index in [0.29, 0.717) is 23.7 Å². The second kappa shape index (κ2) is 6.81. The van der Waals surface area contributed by atoms with Crippen molar-refractivity contribution in [2.24, 2.45) is 0 Å². The molecule has 0 aromatic heterocycles. The van der Waals surface area contributed by atoms with E-state index in [-0.39, 0.29) is 11.7 Å². The van der Waals surface area contributed by atoms with E-state index in [4.69, 9.17) is 11.6 Å². The highest BCUT2D eigenvalue weighted by atomic mass is 35.5. The van der Waals surface area contributed by atoms with Gasteiger partial charge in [0.25, 0.3) is 0 Å². The van der Waals surface area contributed by atoms with Crippen LogP contribution in [0.4, 0.5) is 13.2 Å². The molecule has 1 aliphatic heterocycles. The Morgan fingerprint density at radius 3 is 2.20 bits per heavy atom. The molecule has 0 spiro atoms. The van der Waals surface area contributed by atoms with Gasteiger partial charge in [0, 0.05) is 18.1 Å². The number of piperidine rings is 1. The molecule has 0 aliphatic carbocycles. The van der Waals surface area contributed by atoms with Crippen molar-refractivity contribution in [1.29, 1.82) is 0 Å². The summed E-state index contributed by atoms with van der Waals surface area (Å²) in [5, 5.41) is 0.579. The highest BCUT2D eigenvalue weighted by molar-refractivity contribution is 6.30. The molecule has 2 aromatic rings. The molecule has 2 unspecified atom stereocenters. The number of benzene rings is 2. The van der Waals surface area contributed by atoms with Crippen molar-refractivity contribution in [1.82, 2.24) is 4.90 Å². The lowest BCUT2D eigenvalue weighted by atomic mass is 9.80. The van der Waals surface area contributed by atoms with E-state index in [1.165, 1.54) is 6.07 Å². The number of halogens is 4. The molecule has 0 saturated carbocycles. The second-order valence-electron chi connectivity index (χ2n) is 6.40. The second-order valence-corrected chi connectivity index (χ2v) is 6.84. The van der Waals surface area contributed by atoms with E-state index in [0.717, 1.165) is 17.7 Å². The van der Waals surface area contributed by atoms with Crippen LogP contribution in [-0.4, -0.2) is 30.8 Å². The fraction of sp³-hybridized carbons (Fsp3) is 0.316. The summed E-state index contributed by atoms with van der Waals surface area (Å²) in [4.78, 5) is 15.0. The maximum absolute atomic E-state index is 13.0. The van der Waals surface area contributed by atoms with E-state index < -0.39 is 17.7 Å². The Morgan fingerprint density at radius 1 is 1.00 bits per heavy atom. The molecule has 0 amide bonds. The van der Waals surface area contributed by atoms with Crippen molar-refractivity contribution in [3.8, 4) is 0 Å². The zero-order chi connectivity index (χ0) is 18.2. The number of likely N-dealkylation sites (tertiary alicyclic amines) is 1. The minimum absolute atomic E-state index is 0.0558. The Kier molecular flexibility index (Phi) is 4.89. The van der Waals surface area contributed by atoms with Crippen LogP contribution in [0, 0.1) is 0 Å². The van der Waals surface area contributed by atoms with Crippen LogP contribution in [0.25, 0.3) is 0 Å². The third kappa shape index (κ3) is 3.88. The standard InChI is InChI=1S/C19H17ClF3NO/c1-24-10-16(12-5-7-15(20)8-6-12)18(25)17(11-24)13-3-2-4-14(9-13)19(21,22)23/h2-9,16-17H,10-11H2,1H3. The summed E-state index contributed by atoms with van der Waals surface area (Å²) in [6.07, 6.45) is -4.42. The molecule has 2 nitrogen and oxygen atoms in total. The first-order chi connectivity index (χ1) is 11.8. The molecule has 1 saturated heterocycles. The zero-order valence-electron chi connectivity index (χ0n) is 13.6. The monoisotopic (exact) mass is 367 g/mol. The summed E-state index contributed by atoms with van der Waals surface area (Å²) in [6.45, 7) is 0.945. The summed E-state index contributed by atoms with van der Waals surface area (Å²) >= 11 is 5.90. The molecule has 1 aliphatic rings. The van der Waals surface area contributed by atoms with Crippen LogP contribution in [0.15, 0.2) is 48.5 Å². The molecule has 3 rings (SSSR count). The van der Waals surface area contributed by atoms with Crippen LogP contribution >= 0.6 is 11.6 Å². The average Bonchev–Trinajstić information content (AvgIpc) is 2.57. The third-order valence-corrected chi connectivity index (χ3v) is 4.82. The smallest absolute Gasteiger partial charge is 0.304 e. The third-order valence-electron chi connectivity index (χ3n) is 4.56. The quantitative estimate of drug-likeness (QED) is 0.764. The normalized spacial score (nSPS) is 22.2. The predicted molar refractivity (Wildman–Crippen MR) is 90.9 cm³/mol. The summed E-state index contributed by atoms with van der Waals surface area (Å²) in [7, 11) is 1.87. The molecule has 1 fully saturated rings. The van der Waals surface area contributed by atoms with Crippen LogP contribution in [0.1, 0.15) is 28.5 Å². The lowest BCUT2D eigenvalue weighted by Gasteiger charge is -2.35. The molecule has 0 N–H and O–H groups in total. The van der Waals surface area contributed by atoms with Crippen molar-refractivity contribution in [3.05, 3.63) is 70.2 Å². The molecular formula is C19H17ClF3NO. The minimum atomic E-state index is -4.42. The molecular weight excluding hydrogens is 351 g/mol. The van der Waals surface area contributed by atoms with Gasteiger partial charge in [-0.2, -0.15) is 13.2 Å². The maximum Gasteiger partial charge on any atom is 0.416 e. The van der Waals surface area contributed by atoms with Crippen molar-refractivity contribution in [3.63, 3.8) is 0 Å². The van der Waals surface area contributed by atoms with Gasteiger partial charge in [0.15, 0.2) is 0 Å². The van der Waals surface area contributed by atoms with Crippen molar-refractivity contribution in [2.45, 2.75) is 18.0 Å². The number of carbonyl (C=O) groups is 1. The van der Waals surface area contributed by atoms with Gasteiger partial charge in [-0.1, -0.05) is 41.9 Å². The summed E-state index contributed by atoms with van der Waals surface area (Å²) in [5.41, 5.74) is 0.511. The number of Topliss-reactive ketones (excluding diaryl/α,β-unsaturated/α-hetero) is 1. The Morgan fingerprint density at radius 2 is 1.60 bits per heavy atom. The first-order valence-electron chi connectivity index (χ1n) is 7.90. The van der Waals surface area contributed by atoms with E-state index >= 15 is 0 Å². The van der Waals surface area contributed by atoms with Crippen LogP contribution < -0.4 is 0 Å². The largest absolute Gasteiger partial charge is 0.416 e. The first-order valence-corrected chi connectivity index (χ1v) is 8.28. The SMILES string of the molecule is CN1CC(c2ccc(Cl)cc2)C(=O)C(c2cccc(C(F)(F)F)c2)C1. The van der Waals surface area contributed by atoms with Gasteiger partial charge in [-0.25, -0.2) is 0 Å². The highest BCUT2D eigenvalue weighted by Gasteiger charge is 2.37. The molecule has 2 aromatic carbocycles. The lowest BCUT2D eigenvalue weighted by molar-refractivity contribution is -0.137. The molecule has 1 heterocycles. The van der Waals surface area contributed by atoms with Crippen molar-refractivity contribution in [2.75, 3.05) is 20.1 Å². The molecule has 0 bridgehead atoms. The maximum atomic E-state index is 13.0. The number of ketones is 1. The highest BCUT2D eigenvalue weighted by Crippen LogP contribution is 2.35. The Bertz CT molecular complexity index is 773. The minimum Gasteiger partial charge on any atom is -0.304 e. The Hall–Kier alpha value is -1.85. The van der Waals surface area contributed by atoms with E-state index in [2.05, 4.69) is 0 Å².